The van der Waals surface area contributed by atoms with Gasteiger partial charge in [0.2, 0.25) is 0 Å². The van der Waals surface area contributed by atoms with E-state index in [1.165, 1.54) is 5.56 Å². The van der Waals surface area contributed by atoms with Gasteiger partial charge in [-0.15, -0.1) is 0 Å². The van der Waals surface area contributed by atoms with E-state index in [4.69, 9.17) is 9.47 Å². The molecule has 1 aromatic carbocycles. The van der Waals surface area contributed by atoms with Crippen LogP contribution in [-0.2, 0) is 11.3 Å². The zero-order valence-electron chi connectivity index (χ0n) is 12.3. The Morgan fingerprint density at radius 2 is 2.10 bits per heavy atom. The van der Waals surface area contributed by atoms with Crippen LogP contribution in [0.4, 0.5) is 0 Å². The highest BCUT2D eigenvalue weighted by molar-refractivity contribution is 9.10. The van der Waals surface area contributed by atoms with Crippen molar-refractivity contribution in [2.45, 2.75) is 39.3 Å². The summed E-state index contributed by atoms with van der Waals surface area (Å²) < 4.78 is 12.5. The second kappa shape index (κ2) is 8.01. The van der Waals surface area contributed by atoms with Crippen LogP contribution in [0.1, 0.15) is 32.3 Å². The zero-order valence-corrected chi connectivity index (χ0v) is 13.9. The predicted molar refractivity (Wildman–Crippen MR) is 85.2 cm³/mol. The van der Waals surface area contributed by atoms with Crippen molar-refractivity contribution >= 4 is 15.9 Å². The van der Waals surface area contributed by atoms with Crippen molar-refractivity contribution in [2.24, 2.45) is 5.92 Å². The number of benzene rings is 1. The van der Waals surface area contributed by atoms with Crippen LogP contribution in [0.3, 0.4) is 0 Å². The minimum absolute atomic E-state index is 0.470. The van der Waals surface area contributed by atoms with Gasteiger partial charge in [-0.1, -0.05) is 26.0 Å². The third-order valence-electron chi connectivity index (χ3n) is 3.55. The van der Waals surface area contributed by atoms with Crippen LogP contribution in [0.5, 0.6) is 5.75 Å². The molecule has 0 aliphatic carbocycles. The lowest BCUT2D eigenvalue weighted by molar-refractivity contribution is 0.0495. The van der Waals surface area contributed by atoms with Gasteiger partial charge in [-0.3, -0.25) is 0 Å². The first-order chi connectivity index (χ1) is 9.66. The maximum absolute atomic E-state index is 6.10. The van der Waals surface area contributed by atoms with E-state index in [2.05, 4.69) is 47.2 Å². The van der Waals surface area contributed by atoms with Crippen LogP contribution in [-0.4, -0.2) is 25.9 Å². The molecule has 112 valence electrons. The molecule has 1 fully saturated rings. The van der Waals surface area contributed by atoms with Crippen LogP contribution in [0.25, 0.3) is 0 Å². The summed E-state index contributed by atoms with van der Waals surface area (Å²) in [5, 5.41) is 3.45. The molecule has 0 saturated carbocycles. The number of ether oxygens (including phenoxy) is 2. The van der Waals surface area contributed by atoms with Crippen LogP contribution in [0.15, 0.2) is 22.7 Å². The van der Waals surface area contributed by atoms with Crippen molar-refractivity contribution in [3.63, 3.8) is 0 Å². The molecule has 2 rings (SSSR count). The van der Waals surface area contributed by atoms with Crippen LogP contribution in [0, 0.1) is 5.92 Å². The number of hydrogen-bond acceptors (Lipinski definition) is 3. The van der Waals surface area contributed by atoms with Crippen LogP contribution < -0.4 is 10.1 Å². The number of nitrogens with one attached hydrogen (secondary N) is 1. The number of para-hydroxylation sites is 1. The van der Waals surface area contributed by atoms with Gasteiger partial charge in [-0.05, 0) is 40.8 Å². The maximum Gasteiger partial charge on any atom is 0.137 e. The molecule has 1 aliphatic heterocycles. The van der Waals surface area contributed by atoms with Gasteiger partial charge >= 0.3 is 0 Å². The van der Waals surface area contributed by atoms with E-state index in [1.54, 1.807) is 0 Å². The smallest absolute Gasteiger partial charge is 0.137 e. The first-order valence-electron chi connectivity index (χ1n) is 7.38. The van der Waals surface area contributed by atoms with E-state index in [-0.39, 0.29) is 0 Å². The molecule has 1 aliphatic rings. The number of halogens is 1. The van der Waals surface area contributed by atoms with E-state index < -0.39 is 0 Å². The van der Waals surface area contributed by atoms with E-state index >= 15 is 0 Å². The van der Waals surface area contributed by atoms with Crippen molar-refractivity contribution < 1.29 is 9.47 Å². The molecule has 0 atom stereocenters. The minimum atomic E-state index is 0.470. The van der Waals surface area contributed by atoms with Crippen molar-refractivity contribution in [1.29, 1.82) is 0 Å². The summed E-state index contributed by atoms with van der Waals surface area (Å²) in [4.78, 5) is 0. The summed E-state index contributed by atoms with van der Waals surface area (Å²) in [6.45, 7) is 7.65. The molecule has 0 amide bonds. The molecule has 1 heterocycles. The van der Waals surface area contributed by atoms with Gasteiger partial charge in [-0.25, -0.2) is 0 Å². The summed E-state index contributed by atoms with van der Waals surface area (Å²) >= 11 is 3.60. The Hall–Kier alpha value is -0.580. The van der Waals surface area contributed by atoms with Crippen molar-refractivity contribution in [3.8, 4) is 5.75 Å². The van der Waals surface area contributed by atoms with Crippen LogP contribution >= 0.6 is 15.9 Å². The predicted octanol–water partition coefficient (Wildman–Crippen LogP) is 3.75. The molecule has 0 bridgehead atoms. The lowest BCUT2D eigenvalue weighted by Gasteiger charge is -2.23. The fraction of sp³-hybridized carbons (Fsp3) is 0.625. The molecule has 0 radical (unpaired) electrons. The molecule has 1 aromatic rings. The molecule has 0 aromatic heterocycles. The first-order valence-corrected chi connectivity index (χ1v) is 8.17. The summed E-state index contributed by atoms with van der Waals surface area (Å²) in [6, 6.07) is 6.69. The van der Waals surface area contributed by atoms with Gasteiger partial charge < -0.3 is 14.8 Å². The van der Waals surface area contributed by atoms with Crippen molar-refractivity contribution in [1.82, 2.24) is 5.32 Å². The summed E-state index contributed by atoms with van der Waals surface area (Å²) in [5.74, 6) is 1.59. The molecular formula is C16H24BrNO2. The second-order valence-corrected chi connectivity index (χ2v) is 6.48. The van der Waals surface area contributed by atoms with Gasteiger partial charge in [-0.2, -0.15) is 0 Å². The number of rotatable bonds is 6. The average molecular weight is 342 g/mol. The molecule has 1 saturated heterocycles. The molecule has 0 unspecified atom stereocenters. The zero-order chi connectivity index (χ0) is 14.4. The highest BCUT2D eigenvalue weighted by Gasteiger charge is 2.16. The lowest BCUT2D eigenvalue weighted by atomic mass is 10.0. The molecule has 1 N–H and O–H groups in total. The molecular weight excluding hydrogens is 318 g/mol. The standard InChI is InChI=1S/C16H24BrNO2/c1-12(2)18-10-14-4-3-5-15(17)16(14)20-11-13-6-8-19-9-7-13/h3-5,12-13,18H,6-11H2,1-2H3. The van der Waals surface area contributed by atoms with Crippen molar-refractivity contribution in [2.75, 3.05) is 19.8 Å². The van der Waals surface area contributed by atoms with E-state index in [1.807, 2.05) is 6.07 Å². The quantitative estimate of drug-likeness (QED) is 0.854. The molecule has 3 nitrogen and oxygen atoms in total. The van der Waals surface area contributed by atoms with Crippen molar-refractivity contribution in [3.05, 3.63) is 28.2 Å². The Morgan fingerprint density at radius 1 is 1.35 bits per heavy atom. The van der Waals surface area contributed by atoms with E-state index in [9.17, 15) is 0 Å². The fourth-order valence-electron chi connectivity index (χ4n) is 2.28. The normalized spacial score (nSPS) is 16.6. The Kier molecular flexibility index (Phi) is 6.33. The Balaban J connectivity index is 1.97. The first kappa shape index (κ1) is 15.8. The third-order valence-corrected chi connectivity index (χ3v) is 4.18. The average Bonchev–Trinajstić information content (AvgIpc) is 2.45. The van der Waals surface area contributed by atoms with E-state index in [0.717, 1.165) is 49.4 Å². The maximum atomic E-state index is 6.10. The van der Waals surface area contributed by atoms with Crippen LogP contribution in [0.2, 0.25) is 0 Å². The third kappa shape index (κ3) is 4.76. The Labute approximate surface area is 130 Å². The van der Waals surface area contributed by atoms with Gasteiger partial charge in [0.25, 0.3) is 0 Å². The van der Waals surface area contributed by atoms with Gasteiger partial charge in [0.15, 0.2) is 0 Å². The summed E-state index contributed by atoms with van der Waals surface area (Å²) in [5.41, 5.74) is 1.21. The Morgan fingerprint density at radius 3 is 2.80 bits per heavy atom. The lowest BCUT2D eigenvalue weighted by Crippen LogP contribution is -2.24. The molecule has 20 heavy (non-hydrogen) atoms. The Bertz CT molecular complexity index is 417. The number of hydrogen-bond donors (Lipinski definition) is 1. The largest absolute Gasteiger partial charge is 0.492 e. The highest BCUT2D eigenvalue weighted by atomic mass is 79.9. The summed E-state index contributed by atoms with van der Waals surface area (Å²) in [7, 11) is 0. The fourth-order valence-corrected chi connectivity index (χ4v) is 2.80. The highest BCUT2D eigenvalue weighted by Crippen LogP contribution is 2.30. The van der Waals surface area contributed by atoms with Gasteiger partial charge in [0.1, 0.15) is 5.75 Å². The molecule has 0 spiro atoms. The molecule has 4 heteroatoms. The van der Waals surface area contributed by atoms with Gasteiger partial charge in [0, 0.05) is 31.4 Å². The summed E-state index contributed by atoms with van der Waals surface area (Å²) in [6.07, 6.45) is 2.20. The monoisotopic (exact) mass is 341 g/mol. The minimum Gasteiger partial charge on any atom is -0.492 e. The van der Waals surface area contributed by atoms with E-state index in [0.29, 0.717) is 12.0 Å². The topological polar surface area (TPSA) is 30.5 Å². The second-order valence-electron chi connectivity index (χ2n) is 5.63. The SMILES string of the molecule is CC(C)NCc1cccc(Br)c1OCC1CCOCC1. The van der Waals surface area contributed by atoms with Gasteiger partial charge in [0.05, 0.1) is 11.1 Å².